The molecule has 0 saturated heterocycles. The first-order valence-corrected chi connectivity index (χ1v) is 9.57. The van der Waals surface area contributed by atoms with Gasteiger partial charge in [0.2, 0.25) is 0 Å². The molecule has 5 nitrogen and oxygen atoms in total. The molecule has 1 amide bonds. The van der Waals surface area contributed by atoms with E-state index >= 15 is 0 Å². The van der Waals surface area contributed by atoms with E-state index in [1.54, 1.807) is 17.9 Å². The van der Waals surface area contributed by atoms with E-state index < -0.39 is 0 Å². The molecule has 1 heterocycles. The van der Waals surface area contributed by atoms with Crippen molar-refractivity contribution in [2.75, 3.05) is 16.8 Å². The number of rotatable bonds is 6. The van der Waals surface area contributed by atoms with Crippen molar-refractivity contribution in [1.82, 2.24) is 9.97 Å². The zero-order chi connectivity index (χ0) is 20.1. The predicted octanol–water partition coefficient (Wildman–Crippen LogP) is 5.03. The van der Waals surface area contributed by atoms with Crippen molar-refractivity contribution < 1.29 is 4.79 Å². The van der Waals surface area contributed by atoms with Crippen LogP contribution in [0.2, 0.25) is 5.02 Å². The average Bonchev–Trinajstić information content (AvgIpc) is 2.67. The van der Waals surface area contributed by atoms with Crippen LogP contribution in [0.4, 0.5) is 11.5 Å². The summed E-state index contributed by atoms with van der Waals surface area (Å²) >= 11 is 6.21. The third-order valence-corrected chi connectivity index (χ3v) is 4.72. The number of carbonyl (C=O) groups excluding carboxylic acids is 1. The summed E-state index contributed by atoms with van der Waals surface area (Å²) < 4.78 is 0. The summed E-state index contributed by atoms with van der Waals surface area (Å²) in [5, 5.41) is 3.93. The summed E-state index contributed by atoms with van der Waals surface area (Å²) in [5.74, 6) is 0.975. The fourth-order valence-electron chi connectivity index (χ4n) is 2.97. The van der Waals surface area contributed by atoms with Gasteiger partial charge in [0.25, 0.3) is 5.91 Å². The summed E-state index contributed by atoms with van der Waals surface area (Å²) in [5.41, 5.74) is 3.28. The summed E-state index contributed by atoms with van der Waals surface area (Å²) in [6.45, 7) is 6.80. The van der Waals surface area contributed by atoms with Crippen LogP contribution in [-0.2, 0) is 6.54 Å². The second-order valence-corrected chi connectivity index (χ2v) is 6.93. The fraction of sp³-hybridized carbons (Fsp3) is 0.227. The Morgan fingerprint density at radius 2 is 1.86 bits per heavy atom. The lowest BCUT2D eigenvalue weighted by Crippen LogP contribution is -2.31. The summed E-state index contributed by atoms with van der Waals surface area (Å²) in [6, 6.07) is 17.2. The molecule has 0 saturated carbocycles. The molecule has 6 heteroatoms. The van der Waals surface area contributed by atoms with Crippen LogP contribution >= 0.6 is 11.6 Å². The largest absolute Gasteiger partial charge is 0.366 e. The van der Waals surface area contributed by atoms with Gasteiger partial charge in [-0.3, -0.25) is 4.79 Å². The minimum absolute atomic E-state index is 0.153. The number of anilines is 2. The molecule has 3 aromatic rings. The fourth-order valence-corrected chi connectivity index (χ4v) is 3.18. The van der Waals surface area contributed by atoms with Crippen LogP contribution in [0.1, 0.15) is 34.4 Å². The lowest BCUT2D eigenvalue weighted by atomic mass is 10.2. The number of amides is 1. The van der Waals surface area contributed by atoms with E-state index in [4.69, 9.17) is 11.6 Å². The Kier molecular flexibility index (Phi) is 6.26. The lowest BCUT2D eigenvalue weighted by molar-refractivity contribution is 0.0983. The second-order valence-electron chi connectivity index (χ2n) is 6.52. The lowest BCUT2D eigenvalue weighted by Gasteiger charge is -2.21. The molecule has 1 N–H and O–H groups in total. The van der Waals surface area contributed by atoms with E-state index in [-0.39, 0.29) is 5.91 Å². The molecule has 28 heavy (non-hydrogen) atoms. The van der Waals surface area contributed by atoms with Gasteiger partial charge in [-0.15, -0.1) is 0 Å². The van der Waals surface area contributed by atoms with Gasteiger partial charge in [-0.25, -0.2) is 9.97 Å². The van der Waals surface area contributed by atoms with Gasteiger partial charge in [0.05, 0.1) is 0 Å². The van der Waals surface area contributed by atoms with Gasteiger partial charge in [0.15, 0.2) is 0 Å². The van der Waals surface area contributed by atoms with Gasteiger partial charge >= 0.3 is 0 Å². The van der Waals surface area contributed by atoms with E-state index in [2.05, 4.69) is 15.3 Å². The molecule has 0 unspecified atom stereocenters. The van der Waals surface area contributed by atoms with Gasteiger partial charge in [0.1, 0.15) is 17.3 Å². The topological polar surface area (TPSA) is 58.1 Å². The van der Waals surface area contributed by atoms with E-state index in [1.165, 1.54) is 0 Å². The molecular formula is C22H23ClN4O. The Hall–Kier alpha value is -2.92. The van der Waals surface area contributed by atoms with Crippen LogP contribution < -0.4 is 10.2 Å². The Bertz CT molecular complexity index is 990. The predicted molar refractivity (Wildman–Crippen MR) is 114 cm³/mol. The molecule has 0 radical (unpaired) electrons. The summed E-state index contributed by atoms with van der Waals surface area (Å²) in [6.07, 6.45) is 0. The minimum Gasteiger partial charge on any atom is -0.366 e. The highest BCUT2D eigenvalue weighted by molar-refractivity contribution is 6.31. The molecule has 0 aliphatic rings. The molecule has 0 aliphatic carbocycles. The average molecular weight is 395 g/mol. The number of aryl methyl sites for hydroxylation is 2. The van der Waals surface area contributed by atoms with Crippen molar-refractivity contribution in [1.29, 1.82) is 0 Å². The van der Waals surface area contributed by atoms with Crippen LogP contribution in [-0.4, -0.2) is 22.4 Å². The first kappa shape index (κ1) is 19.8. The van der Waals surface area contributed by atoms with Crippen LogP contribution in [0.25, 0.3) is 0 Å². The van der Waals surface area contributed by atoms with Crippen molar-refractivity contribution in [3.05, 3.63) is 82.3 Å². The standard InChI is InChI=1S/C22H23ClN4O/c1-4-27(18-10-7-8-15(2)12-18)22(28)20-13-21(26-16(3)25-20)24-14-17-9-5-6-11-19(17)23/h5-13H,4,14H2,1-3H3,(H,24,25,26). The molecule has 0 atom stereocenters. The number of aromatic nitrogens is 2. The molecule has 1 aromatic heterocycles. The molecule has 144 valence electrons. The maximum Gasteiger partial charge on any atom is 0.277 e. The SMILES string of the molecule is CCN(C(=O)c1cc(NCc2ccccc2Cl)nc(C)n1)c1cccc(C)c1. The number of nitrogens with zero attached hydrogens (tertiary/aromatic N) is 3. The minimum atomic E-state index is -0.153. The Labute approximate surface area is 170 Å². The van der Waals surface area contributed by atoms with E-state index in [9.17, 15) is 4.79 Å². The first-order valence-electron chi connectivity index (χ1n) is 9.19. The monoisotopic (exact) mass is 394 g/mol. The molecular weight excluding hydrogens is 372 g/mol. The van der Waals surface area contributed by atoms with Crippen molar-refractivity contribution in [3.8, 4) is 0 Å². The highest BCUT2D eigenvalue weighted by Crippen LogP contribution is 2.20. The molecule has 0 aliphatic heterocycles. The van der Waals surface area contributed by atoms with Crippen molar-refractivity contribution in [3.63, 3.8) is 0 Å². The number of nitrogens with one attached hydrogen (secondary N) is 1. The normalized spacial score (nSPS) is 10.6. The first-order chi connectivity index (χ1) is 13.5. The van der Waals surface area contributed by atoms with Crippen molar-refractivity contribution in [2.24, 2.45) is 0 Å². The third-order valence-electron chi connectivity index (χ3n) is 4.35. The maximum absolute atomic E-state index is 13.1. The zero-order valence-corrected chi connectivity index (χ0v) is 17.0. The Balaban J connectivity index is 1.83. The van der Waals surface area contributed by atoms with Gasteiger partial charge in [-0.2, -0.15) is 0 Å². The highest BCUT2D eigenvalue weighted by atomic mass is 35.5. The molecule has 0 bridgehead atoms. The third kappa shape index (κ3) is 4.67. The van der Waals surface area contributed by atoms with Crippen LogP contribution in [0.15, 0.2) is 54.6 Å². The Morgan fingerprint density at radius 3 is 2.57 bits per heavy atom. The number of halogens is 1. The number of benzene rings is 2. The quantitative estimate of drug-likeness (QED) is 0.637. The van der Waals surface area contributed by atoms with Crippen LogP contribution in [0, 0.1) is 13.8 Å². The van der Waals surface area contributed by atoms with Gasteiger partial charge in [-0.05, 0) is 50.1 Å². The number of carbonyl (C=O) groups is 1. The molecule has 3 rings (SSSR count). The second kappa shape index (κ2) is 8.85. The zero-order valence-electron chi connectivity index (χ0n) is 16.2. The summed E-state index contributed by atoms with van der Waals surface area (Å²) in [4.78, 5) is 23.6. The van der Waals surface area contributed by atoms with Gasteiger partial charge in [-0.1, -0.05) is 41.9 Å². The van der Waals surface area contributed by atoms with Gasteiger partial charge < -0.3 is 10.2 Å². The van der Waals surface area contributed by atoms with Crippen LogP contribution in [0.3, 0.4) is 0 Å². The Morgan fingerprint density at radius 1 is 1.07 bits per heavy atom. The highest BCUT2D eigenvalue weighted by Gasteiger charge is 2.19. The van der Waals surface area contributed by atoms with Crippen LogP contribution in [0.5, 0.6) is 0 Å². The van der Waals surface area contributed by atoms with E-state index in [1.807, 2.05) is 62.4 Å². The molecule has 0 fully saturated rings. The van der Waals surface area contributed by atoms with Crippen molar-refractivity contribution >= 4 is 29.0 Å². The van der Waals surface area contributed by atoms with Crippen molar-refractivity contribution in [2.45, 2.75) is 27.3 Å². The van der Waals surface area contributed by atoms with E-state index in [0.717, 1.165) is 16.8 Å². The van der Waals surface area contributed by atoms with E-state index in [0.29, 0.717) is 35.4 Å². The smallest absolute Gasteiger partial charge is 0.277 e. The summed E-state index contributed by atoms with van der Waals surface area (Å²) in [7, 11) is 0. The number of hydrogen-bond donors (Lipinski definition) is 1. The number of hydrogen-bond acceptors (Lipinski definition) is 4. The molecule has 2 aromatic carbocycles. The maximum atomic E-state index is 13.1. The molecule has 0 spiro atoms. The van der Waals surface area contributed by atoms with Gasteiger partial charge in [0, 0.05) is 29.9 Å².